The number of nitrogens with two attached hydrogens (primary N) is 1. The number of hydrogen-bond acceptors (Lipinski definition) is 7. The largest absolute Gasteiger partial charge is 0.486 e. The van der Waals surface area contributed by atoms with Gasteiger partial charge < -0.3 is 19.8 Å². The zero-order valence-corrected chi connectivity index (χ0v) is 22.2. The van der Waals surface area contributed by atoms with Gasteiger partial charge in [-0.3, -0.25) is 4.79 Å². The number of rotatable bonds is 1. The maximum absolute atomic E-state index is 13.6. The third-order valence-corrected chi connectivity index (χ3v) is 9.16. The molecule has 0 aliphatic carbocycles. The number of nitrogens with zero attached hydrogens (tertiary/aromatic N) is 5. The molecule has 198 valence electrons. The Bertz CT molecular complexity index is 1690. The fourth-order valence-electron chi connectivity index (χ4n) is 5.16. The molecule has 0 atom stereocenters. The predicted octanol–water partition coefficient (Wildman–Crippen LogP) is 2.70. The maximum Gasteiger partial charge on any atom is 0.316 e. The Hall–Kier alpha value is -3.54. The summed E-state index contributed by atoms with van der Waals surface area (Å²) in [4.78, 5) is 15.6. The van der Waals surface area contributed by atoms with Crippen LogP contribution >= 0.6 is 11.6 Å². The summed E-state index contributed by atoms with van der Waals surface area (Å²) in [6.07, 6.45) is 4.70. The monoisotopic (exact) mass is 554 g/mol. The maximum atomic E-state index is 13.6. The van der Waals surface area contributed by atoms with Crippen LogP contribution in [0.2, 0.25) is 5.02 Å². The van der Waals surface area contributed by atoms with E-state index in [1.807, 2.05) is 27.6 Å². The van der Waals surface area contributed by atoms with Crippen LogP contribution in [0.3, 0.4) is 0 Å². The molecule has 6 heterocycles. The van der Waals surface area contributed by atoms with Crippen molar-refractivity contribution in [1.82, 2.24) is 18.5 Å². The number of piperazine rings is 1. The molecular formula is C26H27ClN6O4S. The van der Waals surface area contributed by atoms with Gasteiger partial charge in [0.25, 0.3) is 0 Å². The van der Waals surface area contributed by atoms with Crippen molar-refractivity contribution in [2.45, 2.75) is 18.6 Å². The molecule has 38 heavy (non-hydrogen) atoms. The van der Waals surface area contributed by atoms with Crippen molar-refractivity contribution in [2.75, 3.05) is 43.4 Å². The minimum atomic E-state index is -3.54. The van der Waals surface area contributed by atoms with Crippen LogP contribution < -0.4 is 20.9 Å². The quantitative estimate of drug-likeness (QED) is 0.384. The van der Waals surface area contributed by atoms with Gasteiger partial charge in [-0.15, -0.1) is 0 Å². The highest BCUT2D eigenvalue weighted by molar-refractivity contribution is 7.88. The van der Waals surface area contributed by atoms with Gasteiger partial charge in [-0.1, -0.05) is 17.7 Å². The smallest absolute Gasteiger partial charge is 0.316 e. The third kappa shape index (κ3) is 4.50. The average molecular weight is 555 g/mol. The van der Waals surface area contributed by atoms with Gasteiger partial charge in [0.15, 0.2) is 0 Å². The van der Waals surface area contributed by atoms with Gasteiger partial charge in [0, 0.05) is 37.4 Å². The van der Waals surface area contributed by atoms with Crippen LogP contribution in [0, 0.1) is 0 Å². The predicted molar refractivity (Wildman–Crippen MR) is 147 cm³/mol. The van der Waals surface area contributed by atoms with E-state index in [4.69, 9.17) is 22.1 Å². The second-order valence-electron chi connectivity index (χ2n) is 9.53. The van der Waals surface area contributed by atoms with Crippen LogP contribution in [0.15, 0.2) is 59.7 Å². The molecule has 2 N–H and O–H groups in total. The molecule has 0 amide bonds. The Kier molecular flexibility index (Phi) is 6.29. The minimum Gasteiger partial charge on any atom is -0.486 e. The molecular weight excluding hydrogens is 528 g/mol. The SMILES string of the molecule is Nc1cc2c3cc(ccn13)CS(=O)(=O)N1CCN(CC1)c1cnn(-c3cccc(Cl)c3)c(=O)c1OCCC2. The van der Waals surface area contributed by atoms with Crippen LogP contribution in [0.5, 0.6) is 5.75 Å². The first-order valence-electron chi connectivity index (χ1n) is 12.4. The summed E-state index contributed by atoms with van der Waals surface area (Å²) >= 11 is 6.15. The molecule has 0 unspecified atom stereocenters. The van der Waals surface area contributed by atoms with E-state index < -0.39 is 15.6 Å². The topological polar surface area (TPSA) is 115 Å². The Labute approximate surface area is 224 Å². The molecule has 12 heteroatoms. The number of nitrogen functional groups attached to an aromatic ring is 1. The third-order valence-electron chi connectivity index (χ3n) is 7.07. The lowest BCUT2D eigenvalue weighted by Crippen LogP contribution is -2.49. The zero-order valence-electron chi connectivity index (χ0n) is 20.6. The van der Waals surface area contributed by atoms with E-state index in [1.54, 1.807) is 36.5 Å². The average Bonchev–Trinajstić information content (AvgIpc) is 3.21. The van der Waals surface area contributed by atoms with Gasteiger partial charge in [-0.2, -0.15) is 14.1 Å². The summed E-state index contributed by atoms with van der Waals surface area (Å²) in [6, 6.07) is 12.5. The molecule has 1 saturated heterocycles. The normalized spacial score (nSPS) is 18.0. The van der Waals surface area contributed by atoms with Gasteiger partial charge >= 0.3 is 5.56 Å². The van der Waals surface area contributed by atoms with Crippen molar-refractivity contribution in [2.24, 2.45) is 0 Å². The zero-order chi connectivity index (χ0) is 26.4. The Morgan fingerprint density at radius 1 is 1.05 bits per heavy atom. The number of aromatic nitrogens is 3. The molecule has 0 spiro atoms. The lowest BCUT2D eigenvalue weighted by molar-refractivity contribution is 0.303. The van der Waals surface area contributed by atoms with Crippen molar-refractivity contribution < 1.29 is 13.2 Å². The summed E-state index contributed by atoms with van der Waals surface area (Å²) in [5.74, 6) is 0.686. The molecule has 0 radical (unpaired) electrons. The van der Waals surface area contributed by atoms with Crippen molar-refractivity contribution in [1.29, 1.82) is 0 Å². The fourth-order valence-corrected chi connectivity index (χ4v) is 6.84. The standard InChI is InChI=1S/C26H27ClN6O4S/c27-20-4-1-5-21(15-20)33-26(34)25-23(16-29-33)30-8-10-31(11-9-30)38(35,36)17-18-6-7-32-22(13-18)19(14-24(32)28)3-2-12-37-25/h1,4-7,13-16H,2-3,8-12,17,28H2. The molecule has 4 aromatic rings. The second-order valence-corrected chi connectivity index (χ2v) is 11.9. The minimum absolute atomic E-state index is 0.0837. The number of pyridine rings is 1. The lowest BCUT2D eigenvalue weighted by atomic mass is 10.1. The van der Waals surface area contributed by atoms with E-state index in [1.165, 1.54) is 8.99 Å². The van der Waals surface area contributed by atoms with Crippen molar-refractivity contribution in [3.8, 4) is 11.4 Å². The van der Waals surface area contributed by atoms with Crippen LogP contribution in [-0.2, 0) is 22.2 Å². The van der Waals surface area contributed by atoms with Gasteiger partial charge in [0.2, 0.25) is 15.8 Å². The molecule has 3 aliphatic heterocycles. The van der Waals surface area contributed by atoms with Gasteiger partial charge in [0.05, 0.1) is 29.8 Å². The molecule has 1 aromatic carbocycles. The van der Waals surface area contributed by atoms with Crippen molar-refractivity contribution in [3.63, 3.8) is 0 Å². The van der Waals surface area contributed by atoms with Gasteiger partial charge in [-0.25, -0.2) is 8.42 Å². The van der Waals surface area contributed by atoms with Crippen molar-refractivity contribution >= 4 is 38.6 Å². The summed E-state index contributed by atoms with van der Waals surface area (Å²) in [6.45, 7) is 1.73. The Morgan fingerprint density at radius 2 is 1.87 bits per heavy atom. The van der Waals surface area contributed by atoms with E-state index in [0.717, 1.165) is 16.6 Å². The van der Waals surface area contributed by atoms with Crippen LogP contribution in [0.1, 0.15) is 17.5 Å². The van der Waals surface area contributed by atoms with Gasteiger partial charge in [0.1, 0.15) is 11.5 Å². The number of sulfonamides is 1. The number of anilines is 2. The van der Waals surface area contributed by atoms with E-state index in [2.05, 4.69) is 5.10 Å². The number of hydrogen-bond donors (Lipinski definition) is 1. The molecule has 4 bridgehead atoms. The molecule has 3 aromatic heterocycles. The molecule has 1 fully saturated rings. The van der Waals surface area contributed by atoms with Crippen LogP contribution in [0.4, 0.5) is 11.5 Å². The highest BCUT2D eigenvalue weighted by atomic mass is 35.5. The molecule has 10 nitrogen and oxygen atoms in total. The number of ether oxygens (including phenoxy) is 1. The number of benzene rings is 1. The first-order valence-corrected chi connectivity index (χ1v) is 14.4. The summed E-state index contributed by atoms with van der Waals surface area (Å²) in [5, 5.41) is 4.89. The second kappa shape index (κ2) is 9.64. The first-order chi connectivity index (χ1) is 18.3. The van der Waals surface area contributed by atoms with Crippen molar-refractivity contribution in [3.05, 3.63) is 81.4 Å². The highest BCUT2D eigenvalue weighted by Crippen LogP contribution is 2.28. The molecule has 7 rings (SSSR count). The van der Waals surface area contributed by atoms with Gasteiger partial charge in [-0.05, 0) is 60.4 Å². The summed E-state index contributed by atoms with van der Waals surface area (Å²) in [7, 11) is -3.54. The molecule has 3 aliphatic rings. The number of aryl methyl sites for hydroxylation is 1. The fraction of sp³-hybridized carbons (Fsp3) is 0.308. The first kappa shape index (κ1) is 24.8. The number of fused-ring (bicyclic) bond motifs is 6. The van der Waals surface area contributed by atoms with E-state index in [9.17, 15) is 13.2 Å². The molecule has 0 saturated carbocycles. The lowest BCUT2D eigenvalue weighted by Gasteiger charge is -2.35. The summed E-state index contributed by atoms with van der Waals surface area (Å²) < 4.78 is 37.4. The Morgan fingerprint density at radius 3 is 2.66 bits per heavy atom. The van der Waals surface area contributed by atoms with E-state index in [-0.39, 0.29) is 11.5 Å². The Balaban J connectivity index is 1.41. The van der Waals surface area contributed by atoms with E-state index >= 15 is 0 Å². The highest BCUT2D eigenvalue weighted by Gasteiger charge is 2.30. The van der Waals surface area contributed by atoms with Crippen LogP contribution in [0.25, 0.3) is 11.2 Å². The van der Waals surface area contributed by atoms with E-state index in [0.29, 0.717) is 67.8 Å². The number of halogens is 1. The van der Waals surface area contributed by atoms with Crippen LogP contribution in [-0.4, -0.2) is 59.7 Å². The summed E-state index contributed by atoms with van der Waals surface area (Å²) in [5.41, 5.74) is 9.49.